The minimum atomic E-state index is -0.354. The molecule has 27 heavy (non-hydrogen) atoms. The molecule has 0 bridgehead atoms. The quantitative estimate of drug-likeness (QED) is 0.722. The standard InChI is InChI=1S/C19H15FN4O3/c20-13-2-1-3-14(9-13)22-18-7-5-15(23-24-18)19(25)21-10-12-4-6-16-17(8-12)27-11-26-16/h1-9H,10-11H2,(H,21,25)(H,22,24). The van der Waals surface area contributed by atoms with E-state index in [1.165, 1.54) is 12.1 Å². The van der Waals surface area contributed by atoms with Crippen molar-refractivity contribution in [3.63, 3.8) is 0 Å². The Labute approximate surface area is 154 Å². The maximum atomic E-state index is 13.2. The van der Waals surface area contributed by atoms with Crippen LogP contribution in [0, 0.1) is 5.82 Å². The average Bonchev–Trinajstić information content (AvgIpc) is 3.14. The summed E-state index contributed by atoms with van der Waals surface area (Å²) in [5.74, 6) is 1.06. The molecule has 1 amide bonds. The van der Waals surface area contributed by atoms with Crippen molar-refractivity contribution in [3.05, 3.63) is 71.7 Å². The number of benzene rings is 2. The fourth-order valence-electron chi connectivity index (χ4n) is 2.56. The first-order chi connectivity index (χ1) is 13.2. The lowest BCUT2D eigenvalue weighted by atomic mass is 10.2. The van der Waals surface area contributed by atoms with Crippen LogP contribution in [0.15, 0.2) is 54.6 Å². The van der Waals surface area contributed by atoms with Crippen molar-refractivity contribution in [1.29, 1.82) is 0 Å². The Morgan fingerprint density at radius 3 is 2.74 bits per heavy atom. The van der Waals surface area contributed by atoms with Gasteiger partial charge in [-0.25, -0.2) is 4.39 Å². The molecule has 0 atom stereocenters. The summed E-state index contributed by atoms with van der Waals surface area (Å²) < 4.78 is 23.8. The Kier molecular flexibility index (Phi) is 4.52. The lowest BCUT2D eigenvalue weighted by Gasteiger charge is -2.07. The summed E-state index contributed by atoms with van der Waals surface area (Å²) in [6.07, 6.45) is 0. The first kappa shape index (κ1) is 16.8. The molecule has 136 valence electrons. The molecule has 0 spiro atoms. The van der Waals surface area contributed by atoms with Gasteiger partial charge in [0, 0.05) is 12.2 Å². The molecule has 7 nitrogen and oxygen atoms in total. The third kappa shape index (κ3) is 3.95. The second-order valence-corrected chi connectivity index (χ2v) is 5.81. The van der Waals surface area contributed by atoms with Gasteiger partial charge in [0.05, 0.1) is 0 Å². The Hall–Kier alpha value is -3.68. The summed E-state index contributed by atoms with van der Waals surface area (Å²) in [5.41, 5.74) is 1.61. The highest BCUT2D eigenvalue weighted by Gasteiger charge is 2.14. The number of carbonyl (C=O) groups excluding carboxylic acids is 1. The molecular formula is C19H15FN4O3. The first-order valence-corrected chi connectivity index (χ1v) is 8.20. The average molecular weight is 366 g/mol. The summed E-state index contributed by atoms with van der Waals surface area (Å²) in [4.78, 5) is 12.2. The number of nitrogens with one attached hydrogen (secondary N) is 2. The fourth-order valence-corrected chi connectivity index (χ4v) is 2.56. The van der Waals surface area contributed by atoms with Crippen molar-refractivity contribution in [2.45, 2.75) is 6.54 Å². The Balaban J connectivity index is 1.36. The summed E-state index contributed by atoms with van der Waals surface area (Å²) in [6, 6.07) is 14.6. The molecule has 0 unspecified atom stereocenters. The molecule has 8 heteroatoms. The SMILES string of the molecule is O=C(NCc1ccc2c(c1)OCO2)c1ccc(Nc2cccc(F)c2)nn1. The number of hydrogen-bond acceptors (Lipinski definition) is 6. The van der Waals surface area contributed by atoms with E-state index in [9.17, 15) is 9.18 Å². The van der Waals surface area contributed by atoms with Gasteiger partial charge >= 0.3 is 0 Å². The van der Waals surface area contributed by atoms with Gasteiger partial charge in [0.2, 0.25) is 6.79 Å². The van der Waals surface area contributed by atoms with E-state index in [4.69, 9.17) is 9.47 Å². The maximum absolute atomic E-state index is 13.2. The second-order valence-electron chi connectivity index (χ2n) is 5.81. The van der Waals surface area contributed by atoms with Gasteiger partial charge < -0.3 is 20.1 Å². The number of fused-ring (bicyclic) bond motifs is 1. The molecule has 1 aliphatic rings. The number of rotatable bonds is 5. The Morgan fingerprint density at radius 2 is 1.93 bits per heavy atom. The van der Waals surface area contributed by atoms with E-state index in [1.807, 2.05) is 12.1 Å². The van der Waals surface area contributed by atoms with Crippen molar-refractivity contribution in [2.75, 3.05) is 12.1 Å². The molecule has 0 aliphatic carbocycles. The number of carbonyl (C=O) groups is 1. The molecule has 3 aromatic rings. The van der Waals surface area contributed by atoms with Gasteiger partial charge in [0.25, 0.3) is 5.91 Å². The van der Waals surface area contributed by atoms with E-state index >= 15 is 0 Å². The Bertz CT molecular complexity index is 979. The van der Waals surface area contributed by atoms with E-state index in [2.05, 4.69) is 20.8 Å². The number of ether oxygens (including phenoxy) is 2. The smallest absolute Gasteiger partial charge is 0.272 e. The van der Waals surface area contributed by atoms with Crippen LogP contribution < -0.4 is 20.1 Å². The first-order valence-electron chi connectivity index (χ1n) is 8.20. The molecule has 2 aromatic carbocycles. The summed E-state index contributed by atoms with van der Waals surface area (Å²) in [7, 11) is 0. The number of amides is 1. The van der Waals surface area contributed by atoms with Crippen molar-refractivity contribution in [3.8, 4) is 11.5 Å². The number of hydrogen-bond donors (Lipinski definition) is 2. The zero-order valence-corrected chi connectivity index (χ0v) is 14.1. The molecule has 2 N–H and O–H groups in total. The van der Waals surface area contributed by atoms with Gasteiger partial charge in [0.15, 0.2) is 23.0 Å². The normalized spacial score (nSPS) is 11.9. The number of anilines is 2. The van der Waals surface area contributed by atoms with Crippen LogP contribution in [0.2, 0.25) is 0 Å². The molecule has 1 aliphatic heterocycles. The van der Waals surface area contributed by atoms with Crippen LogP contribution in [0.5, 0.6) is 11.5 Å². The van der Waals surface area contributed by atoms with E-state index in [0.29, 0.717) is 29.5 Å². The molecule has 0 saturated carbocycles. The zero-order valence-electron chi connectivity index (χ0n) is 14.1. The fraction of sp³-hybridized carbons (Fsp3) is 0.105. The third-order valence-electron chi connectivity index (χ3n) is 3.88. The van der Waals surface area contributed by atoms with Gasteiger partial charge in [0.1, 0.15) is 5.82 Å². The minimum absolute atomic E-state index is 0.181. The van der Waals surface area contributed by atoms with Crippen LogP contribution in [0.1, 0.15) is 16.1 Å². The monoisotopic (exact) mass is 366 g/mol. The van der Waals surface area contributed by atoms with Crippen LogP contribution in [0.25, 0.3) is 0 Å². The van der Waals surface area contributed by atoms with Gasteiger partial charge in [-0.2, -0.15) is 0 Å². The van der Waals surface area contributed by atoms with Crippen LogP contribution in [0.4, 0.5) is 15.9 Å². The maximum Gasteiger partial charge on any atom is 0.272 e. The van der Waals surface area contributed by atoms with E-state index < -0.39 is 0 Å². The van der Waals surface area contributed by atoms with Crippen LogP contribution in [-0.2, 0) is 6.54 Å². The molecule has 2 heterocycles. The van der Waals surface area contributed by atoms with Crippen molar-refractivity contribution >= 4 is 17.4 Å². The lowest BCUT2D eigenvalue weighted by molar-refractivity contribution is 0.0945. The predicted molar refractivity (Wildman–Crippen MR) is 95.4 cm³/mol. The van der Waals surface area contributed by atoms with Crippen molar-refractivity contribution in [1.82, 2.24) is 15.5 Å². The highest BCUT2D eigenvalue weighted by Crippen LogP contribution is 2.32. The zero-order chi connectivity index (χ0) is 18.6. The van der Waals surface area contributed by atoms with Crippen LogP contribution >= 0.6 is 0 Å². The lowest BCUT2D eigenvalue weighted by Crippen LogP contribution is -2.24. The highest BCUT2D eigenvalue weighted by atomic mass is 19.1. The number of nitrogens with zero attached hydrogens (tertiary/aromatic N) is 2. The Morgan fingerprint density at radius 1 is 1.04 bits per heavy atom. The molecule has 0 fully saturated rings. The summed E-state index contributed by atoms with van der Waals surface area (Å²) in [6.45, 7) is 0.525. The van der Waals surface area contributed by atoms with E-state index in [1.54, 1.807) is 30.3 Å². The van der Waals surface area contributed by atoms with Gasteiger partial charge in [-0.1, -0.05) is 12.1 Å². The van der Waals surface area contributed by atoms with Gasteiger partial charge in [-0.15, -0.1) is 10.2 Å². The van der Waals surface area contributed by atoms with Gasteiger partial charge in [-0.05, 0) is 48.0 Å². The van der Waals surface area contributed by atoms with Crippen molar-refractivity contribution in [2.24, 2.45) is 0 Å². The largest absolute Gasteiger partial charge is 0.454 e. The molecular weight excluding hydrogens is 351 g/mol. The number of halogens is 1. The molecule has 0 saturated heterocycles. The van der Waals surface area contributed by atoms with E-state index in [-0.39, 0.29) is 24.2 Å². The van der Waals surface area contributed by atoms with Crippen LogP contribution in [0.3, 0.4) is 0 Å². The second kappa shape index (κ2) is 7.28. The van der Waals surface area contributed by atoms with E-state index in [0.717, 1.165) is 5.56 Å². The summed E-state index contributed by atoms with van der Waals surface area (Å²) in [5, 5.41) is 13.5. The molecule has 4 rings (SSSR count). The highest BCUT2D eigenvalue weighted by molar-refractivity contribution is 5.92. The molecule has 0 radical (unpaired) electrons. The van der Waals surface area contributed by atoms with Gasteiger partial charge in [-0.3, -0.25) is 4.79 Å². The molecule has 1 aromatic heterocycles. The van der Waals surface area contributed by atoms with Crippen LogP contribution in [-0.4, -0.2) is 22.9 Å². The predicted octanol–water partition coefficient (Wildman–Crippen LogP) is 3.02. The minimum Gasteiger partial charge on any atom is -0.454 e. The third-order valence-corrected chi connectivity index (χ3v) is 3.88. The van der Waals surface area contributed by atoms with Crippen molar-refractivity contribution < 1.29 is 18.7 Å². The number of aromatic nitrogens is 2. The topological polar surface area (TPSA) is 85.4 Å². The summed E-state index contributed by atoms with van der Waals surface area (Å²) >= 11 is 0.